The molecule has 1 aromatic heterocycles. The molecule has 78 valence electrons. The molecule has 0 aliphatic rings. The topological polar surface area (TPSA) is 26.0 Å². The number of rotatable bonds is 2. The number of hydrogen-bond donors (Lipinski definition) is 1. The summed E-state index contributed by atoms with van der Waals surface area (Å²) in [6, 6.07) is 8.35. The Morgan fingerprint density at radius 3 is 2.67 bits per heavy atom. The van der Waals surface area contributed by atoms with E-state index in [-0.39, 0.29) is 6.04 Å². The minimum Gasteiger partial charge on any atom is -0.320 e. The zero-order valence-electron chi connectivity index (χ0n) is 8.41. The van der Waals surface area contributed by atoms with Gasteiger partial charge in [-0.2, -0.15) is 11.3 Å². The molecule has 0 radical (unpaired) electrons. The van der Waals surface area contributed by atoms with Crippen molar-refractivity contribution in [2.75, 3.05) is 0 Å². The van der Waals surface area contributed by atoms with Gasteiger partial charge >= 0.3 is 0 Å². The first kappa shape index (κ1) is 10.9. The molecule has 1 nitrogen and oxygen atoms in total. The van der Waals surface area contributed by atoms with Crippen LogP contribution in [0.5, 0.6) is 0 Å². The number of hydrogen-bond acceptors (Lipinski definition) is 2. The molecule has 2 aromatic rings. The van der Waals surface area contributed by atoms with Crippen LogP contribution in [0, 0.1) is 6.92 Å². The van der Waals surface area contributed by atoms with Crippen LogP contribution in [0.15, 0.2) is 39.5 Å². The van der Waals surface area contributed by atoms with Crippen LogP contribution < -0.4 is 5.73 Å². The molecule has 1 unspecified atom stereocenters. The second kappa shape index (κ2) is 4.47. The van der Waals surface area contributed by atoms with Crippen LogP contribution in [-0.2, 0) is 0 Å². The SMILES string of the molecule is Cc1cc(Br)cc(C(N)c2ccsc2)c1. The second-order valence-corrected chi connectivity index (χ2v) is 5.29. The minimum atomic E-state index is -0.0209. The van der Waals surface area contributed by atoms with Crippen LogP contribution in [0.4, 0.5) is 0 Å². The molecular formula is C12H12BrNS. The van der Waals surface area contributed by atoms with Crippen molar-refractivity contribution in [3.8, 4) is 0 Å². The van der Waals surface area contributed by atoms with Gasteiger partial charge < -0.3 is 5.73 Å². The van der Waals surface area contributed by atoms with Gasteiger partial charge in [0.05, 0.1) is 6.04 Å². The van der Waals surface area contributed by atoms with Crippen LogP contribution in [0.2, 0.25) is 0 Å². The van der Waals surface area contributed by atoms with Crippen LogP contribution in [0.1, 0.15) is 22.7 Å². The summed E-state index contributed by atoms with van der Waals surface area (Å²) in [6.45, 7) is 2.08. The van der Waals surface area contributed by atoms with E-state index >= 15 is 0 Å². The molecule has 1 aromatic carbocycles. The largest absolute Gasteiger partial charge is 0.320 e. The van der Waals surface area contributed by atoms with E-state index in [4.69, 9.17) is 5.73 Å². The number of aryl methyl sites for hydroxylation is 1. The molecule has 3 heteroatoms. The Morgan fingerprint density at radius 2 is 2.07 bits per heavy atom. The summed E-state index contributed by atoms with van der Waals surface area (Å²) in [5.41, 5.74) is 9.74. The predicted octanol–water partition coefficient (Wildman–Crippen LogP) is 3.87. The third-order valence-corrected chi connectivity index (χ3v) is 3.49. The lowest BCUT2D eigenvalue weighted by molar-refractivity contribution is 0.874. The minimum absolute atomic E-state index is 0.0209. The fourth-order valence-corrected chi connectivity index (χ4v) is 2.91. The van der Waals surface area contributed by atoms with E-state index in [0.717, 1.165) is 10.0 Å². The number of halogens is 1. The van der Waals surface area contributed by atoms with Crippen molar-refractivity contribution in [3.63, 3.8) is 0 Å². The highest BCUT2D eigenvalue weighted by Gasteiger charge is 2.09. The quantitative estimate of drug-likeness (QED) is 0.889. The molecule has 0 fully saturated rings. The Balaban J connectivity index is 2.37. The van der Waals surface area contributed by atoms with E-state index < -0.39 is 0 Å². The molecule has 1 heterocycles. The Hall–Kier alpha value is -0.640. The van der Waals surface area contributed by atoms with Crippen molar-refractivity contribution in [1.82, 2.24) is 0 Å². The summed E-state index contributed by atoms with van der Waals surface area (Å²) >= 11 is 5.17. The van der Waals surface area contributed by atoms with Gasteiger partial charge in [-0.15, -0.1) is 0 Å². The fraction of sp³-hybridized carbons (Fsp3) is 0.167. The summed E-state index contributed by atoms with van der Waals surface area (Å²) in [7, 11) is 0. The number of benzene rings is 1. The Kier molecular flexibility index (Phi) is 3.24. The lowest BCUT2D eigenvalue weighted by Gasteiger charge is -2.11. The molecule has 2 rings (SSSR count). The van der Waals surface area contributed by atoms with E-state index in [2.05, 4.69) is 57.9 Å². The average Bonchev–Trinajstić information content (AvgIpc) is 2.67. The zero-order chi connectivity index (χ0) is 10.8. The molecule has 2 N–H and O–H groups in total. The fourth-order valence-electron chi connectivity index (χ4n) is 1.59. The van der Waals surface area contributed by atoms with E-state index in [1.54, 1.807) is 11.3 Å². The van der Waals surface area contributed by atoms with Gasteiger partial charge in [0, 0.05) is 4.47 Å². The highest BCUT2D eigenvalue weighted by Crippen LogP contribution is 2.25. The van der Waals surface area contributed by atoms with Gasteiger partial charge in [-0.3, -0.25) is 0 Å². The van der Waals surface area contributed by atoms with Crippen molar-refractivity contribution in [2.45, 2.75) is 13.0 Å². The molecular weight excluding hydrogens is 270 g/mol. The van der Waals surface area contributed by atoms with Crippen molar-refractivity contribution in [1.29, 1.82) is 0 Å². The van der Waals surface area contributed by atoms with E-state index in [9.17, 15) is 0 Å². The second-order valence-electron chi connectivity index (χ2n) is 3.60. The van der Waals surface area contributed by atoms with Gasteiger partial charge in [0.1, 0.15) is 0 Å². The van der Waals surface area contributed by atoms with Crippen molar-refractivity contribution in [3.05, 3.63) is 56.2 Å². The summed E-state index contributed by atoms with van der Waals surface area (Å²) in [4.78, 5) is 0. The summed E-state index contributed by atoms with van der Waals surface area (Å²) in [5, 5.41) is 4.15. The third kappa shape index (κ3) is 2.48. The Morgan fingerprint density at radius 1 is 1.27 bits per heavy atom. The summed E-state index contributed by atoms with van der Waals surface area (Å²) < 4.78 is 1.09. The van der Waals surface area contributed by atoms with Crippen LogP contribution >= 0.6 is 27.3 Å². The van der Waals surface area contributed by atoms with Crippen LogP contribution in [0.3, 0.4) is 0 Å². The molecule has 0 saturated carbocycles. The van der Waals surface area contributed by atoms with Gasteiger partial charge in [-0.1, -0.05) is 22.0 Å². The van der Waals surface area contributed by atoms with E-state index in [0.29, 0.717) is 0 Å². The highest BCUT2D eigenvalue weighted by molar-refractivity contribution is 9.10. The van der Waals surface area contributed by atoms with Gasteiger partial charge in [0.15, 0.2) is 0 Å². The molecule has 0 bridgehead atoms. The third-order valence-electron chi connectivity index (χ3n) is 2.33. The monoisotopic (exact) mass is 281 g/mol. The average molecular weight is 282 g/mol. The van der Waals surface area contributed by atoms with E-state index in [1.807, 2.05) is 0 Å². The molecule has 0 aliphatic carbocycles. The van der Waals surface area contributed by atoms with Gasteiger partial charge in [-0.25, -0.2) is 0 Å². The maximum Gasteiger partial charge on any atom is 0.0560 e. The van der Waals surface area contributed by atoms with Crippen molar-refractivity contribution < 1.29 is 0 Å². The maximum absolute atomic E-state index is 6.18. The van der Waals surface area contributed by atoms with Gasteiger partial charge in [0.2, 0.25) is 0 Å². The first-order valence-electron chi connectivity index (χ1n) is 4.71. The lowest BCUT2D eigenvalue weighted by atomic mass is 10.0. The molecule has 0 aliphatic heterocycles. The first-order valence-corrected chi connectivity index (χ1v) is 6.45. The Labute approximate surface area is 102 Å². The summed E-state index contributed by atoms with van der Waals surface area (Å²) in [5.74, 6) is 0. The molecule has 0 saturated heterocycles. The predicted molar refractivity (Wildman–Crippen MR) is 69.2 cm³/mol. The van der Waals surface area contributed by atoms with Crippen molar-refractivity contribution >= 4 is 27.3 Å². The van der Waals surface area contributed by atoms with Crippen LogP contribution in [-0.4, -0.2) is 0 Å². The first-order chi connectivity index (χ1) is 7.16. The molecule has 0 spiro atoms. The molecule has 0 amide bonds. The smallest absolute Gasteiger partial charge is 0.0560 e. The normalized spacial score (nSPS) is 12.7. The zero-order valence-corrected chi connectivity index (χ0v) is 10.8. The van der Waals surface area contributed by atoms with E-state index in [1.165, 1.54) is 11.1 Å². The molecule has 1 atom stereocenters. The van der Waals surface area contributed by atoms with Gasteiger partial charge in [0.25, 0.3) is 0 Å². The van der Waals surface area contributed by atoms with Crippen molar-refractivity contribution in [2.24, 2.45) is 5.73 Å². The highest BCUT2D eigenvalue weighted by atomic mass is 79.9. The van der Waals surface area contributed by atoms with Gasteiger partial charge in [-0.05, 0) is 52.6 Å². The molecule has 15 heavy (non-hydrogen) atoms. The Bertz CT molecular complexity index is 430. The number of thiophene rings is 1. The van der Waals surface area contributed by atoms with Crippen LogP contribution in [0.25, 0.3) is 0 Å². The summed E-state index contributed by atoms with van der Waals surface area (Å²) in [6.07, 6.45) is 0. The number of nitrogens with two attached hydrogens (primary N) is 1. The lowest BCUT2D eigenvalue weighted by Crippen LogP contribution is -2.10. The standard InChI is InChI=1S/C12H12BrNS/c1-8-4-10(6-11(13)5-8)12(14)9-2-3-15-7-9/h2-7,12H,14H2,1H3. The maximum atomic E-state index is 6.18.